The minimum absolute atomic E-state index is 0.762. The molecule has 0 saturated heterocycles. The molecule has 0 aliphatic carbocycles. The minimum atomic E-state index is -12.1. The van der Waals surface area contributed by atoms with Crippen LogP contribution in [0.15, 0.2) is 0 Å². The van der Waals surface area contributed by atoms with Gasteiger partial charge in [-0.25, -0.2) is 0 Å². The molecular formula is C2F10OTe. The molecule has 0 aromatic heterocycles. The Kier molecular flexibility index (Phi) is 2.42. The molecule has 0 heterocycles. The topological polar surface area (TPSA) is 9.23 Å². The van der Waals surface area contributed by atoms with Gasteiger partial charge < -0.3 is 0 Å². The van der Waals surface area contributed by atoms with Gasteiger partial charge in [0, 0.05) is 0 Å². The molecule has 0 fully saturated rings. The molecule has 0 spiro atoms. The SMILES string of the molecule is FC(F)(F)C(F)(F)O[Te](F)(F)(F)(F)F. The Morgan fingerprint density at radius 3 is 1.07 bits per heavy atom. The van der Waals surface area contributed by atoms with Gasteiger partial charge in [-0.05, 0) is 0 Å². The van der Waals surface area contributed by atoms with E-state index in [9.17, 15) is 36.4 Å². The molecule has 0 radical (unpaired) electrons. The third-order valence-electron chi connectivity index (χ3n) is 0.592. The fourth-order valence-electron chi connectivity index (χ4n) is 0.245. The molecule has 90 valence electrons. The second-order valence-corrected chi connectivity index (χ2v) is 7.60. The monoisotopic (exact) mass is 360 g/mol. The van der Waals surface area contributed by atoms with E-state index in [1.54, 1.807) is 0 Å². The Balaban J connectivity index is 5.08. The van der Waals surface area contributed by atoms with Gasteiger partial charge in [-0.3, -0.25) is 0 Å². The summed E-state index contributed by atoms with van der Waals surface area (Å²) in [4.78, 5) is 0. The average molecular weight is 358 g/mol. The Morgan fingerprint density at radius 2 is 1.00 bits per heavy atom. The standard InChI is InChI=1S/C2F10OTe/c3-1(4,5)2(6,7)13-14(8,9,10,11)12. The van der Waals surface area contributed by atoms with Crippen LogP contribution in [0.4, 0.5) is 36.4 Å². The summed E-state index contributed by atoms with van der Waals surface area (Å²) in [6, 6.07) is 0. The van der Waals surface area contributed by atoms with E-state index >= 15 is 0 Å². The van der Waals surface area contributed by atoms with Gasteiger partial charge in [0.2, 0.25) is 0 Å². The van der Waals surface area contributed by atoms with Gasteiger partial charge in [0.25, 0.3) is 0 Å². The van der Waals surface area contributed by atoms with Crippen molar-refractivity contribution in [2.24, 2.45) is 0 Å². The zero-order valence-electron chi connectivity index (χ0n) is 5.60. The second kappa shape index (κ2) is 2.41. The summed E-state index contributed by atoms with van der Waals surface area (Å²) in [6.45, 7) is 0. The van der Waals surface area contributed by atoms with E-state index in [1.165, 1.54) is 0 Å². The molecule has 0 unspecified atom stereocenters. The van der Waals surface area contributed by atoms with E-state index in [4.69, 9.17) is 0 Å². The predicted molar refractivity (Wildman–Crippen MR) is 23.4 cm³/mol. The first-order valence-electron chi connectivity index (χ1n) is 2.34. The van der Waals surface area contributed by atoms with E-state index in [2.05, 4.69) is 0 Å². The first kappa shape index (κ1) is 14.0. The molecular weight excluding hydrogens is 358 g/mol. The van der Waals surface area contributed by atoms with Crippen molar-refractivity contribution in [2.75, 3.05) is 0 Å². The zero-order chi connectivity index (χ0) is 12.1. The number of halogens is 10. The molecule has 0 saturated carbocycles. The van der Waals surface area contributed by atoms with Crippen LogP contribution in [0.5, 0.6) is 0 Å². The first-order valence-corrected chi connectivity index (χ1v) is 7.69. The predicted octanol–water partition coefficient (Wildman–Crippen LogP) is 3.34. The summed E-state index contributed by atoms with van der Waals surface area (Å²) in [5, 5.41) is 0. The molecule has 0 bridgehead atoms. The number of rotatable bonds is 2. The van der Waals surface area contributed by atoms with Crippen LogP contribution in [-0.2, 0) is 3.10 Å². The van der Waals surface area contributed by atoms with Crippen LogP contribution >= 0.6 is 0 Å². The summed E-state index contributed by atoms with van der Waals surface area (Å²) in [6.07, 6.45) is -13.8. The van der Waals surface area contributed by atoms with Gasteiger partial charge in [0.15, 0.2) is 0 Å². The van der Waals surface area contributed by atoms with Gasteiger partial charge in [-0.2, -0.15) is 0 Å². The van der Waals surface area contributed by atoms with Crippen LogP contribution in [0.2, 0.25) is 0 Å². The van der Waals surface area contributed by atoms with Crippen molar-refractivity contribution in [1.29, 1.82) is 0 Å². The molecule has 0 amide bonds. The van der Waals surface area contributed by atoms with Crippen molar-refractivity contribution in [3.8, 4) is 0 Å². The van der Waals surface area contributed by atoms with Gasteiger partial charge in [0.05, 0.1) is 0 Å². The van der Waals surface area contributed by atoms with Crippen LogP contribution in [0.3, 0.4) is 0 Å². The Bertz CT molecular complexity index is 229. The summed E-state index contributed by atoms with van der Waals surface area (Å²) in [5.41, 5.74) is 0. The fourth-order valence-corrected chi connectivity index (χ4v) is 1.64. The number of hydrogen-bond donors (Lipinski definition) is 0. The molecule has 0 N–H and O–H groups in total. The summed E-state index contributed by atoms with van der Waals surface area (Å²) in [5.74, 6) is 0. The first-order chi connectivity index (χ1) is 5.43. The Hall–Kier alpha value is 0.0496. The van der Waals surface area contributed by atoms with Crippen LogP contribution in [0, 0.1) is 0 Å². The van der Waals surface area contributed by atoms with E-state index < -0.39 is 31.0 Å². The average Bonchev–Trinajstić information content (AvgIpc) is 1.46. The van der Waals surface area contributed by atoms with Crippen LogP contribution in [-0.4, -0.2) is 31.0 Å². The number of hydrogen-bond acceptors (Lipinski definition) is 1. The molecule has 0 aromatic carbocycles. The molecule has 1 nitrogen and oxygen atoms in total. The second-order valence-electron chi connectivity index (χ2n) is 2.00. The molecule has 0 aliphatic rings. The zero-order valence-corrected chi connectivity index (χ0v) is 7.93. The van der Waals surface area contributed by atoms with Gasteiger partial charge in [-0.1, -0.05) is 0 Å². The quantitative estimate of drug-likeness (QED) is 0.544. The molecule has 0 rings (SSSR count). The van der Waals surface area contributed by atoms with Crippen LogP contribution in [0.1, 0.15) is 0 Å². The van der Waals surface area contributed by atoms with Crippen LogP contribution < -0.4 is 0 Å². The summed E-state index contributed by atoms with van der Waals surface area (Å²) < 4.78 is 112. The van der Waals surface area contributed by atoms with E-state index in [0.717, 1.165) is 3.10 Å². The maximum atomic E-state index is 11.4. The summed E-state index contributed by atoms with van der Waals surface area (Å²) in [7, 11) is 0. The molecule has 0 atom stereocenters. The summed E-state index contributed by atoms with van der Waals surface area (Å²) >= 11 is -12.1. The fraction of sp³-hybridized carbons (Fsp3) is 1.00. The third kappa shape index (κ3) is 5.06. The number of alkyl halides is 5. The van der Waals surface area contributed by atoms with E-state index in [0.29, 0.717) is 0 Å². The third-order valence-corrected chi connectivity index (χ3v) is 2.09. The van der Waals surface area contributed by atoms with Crippen LogP contribution in [0.25, 0.3) is 0 Å². The Labute approximate surface area is 71.2 Å². The van der Waals surface area contributed by atoms with Crippen molar-refractivity contribution in [1.82, 2.24) is 0 Å². The Morgan fingerprint density at radius 1 is 0.714 bits per heavy atom. The van der Waals surface area contributed by atoms with Crippen molar-refractivity contribution >= 4 is 18.7 Å². The molecule has 12 heteroatoms. The molecule has 14 heavy (non-hydrogen) atoms. The maximum absolute atomic E-state index is 12.1. The van der Waals surface area contributed by atoms with Gasteiger partial charge >= 0.3 is 70.5 Å². The van der Waals surface area contributed by atoms with Crippen molar-refractivity contribution in [2.45, 2.75) is 12.3 Å². The van der Waals surface area contributed by atoms with Gasteiger partial charge in [-0.15, -0.1) is 0 Å². The van der Waals surface area contributed by atoms with E-state index in [-0.39, 0.29) is 0 Å². The normalized spacial score (nSPS) is 20.1. The van der Waals surface area contributed by atoms with Crippen molar-refractivity contribution in [3.05, 3.63) is 0 Å². The van der Waals surface area contributed by atoms with Crippen molar-refractivity contribution in [3.63, 3.8) is 0 Å². The van der Waals surface area contributed by atoms with Crippen molar-refractivity contribution < 1.29 is 39.5 Å². The molecule has 0 aromatic rings. The van der Waals surface area contributed by atoms with E-state index in [1.807, 2.05) is 0 Å². The van der Waals surface area contributed by atoms with Gasteiger partial charge in [0.1, 0.15) is 0 Å². The molecule has 0 aliphatic heterocycles.